The van der Waals surface area contributed by atoms with Crippen LogP contribution in [0.5, 0.6) is 11.5 Å². The number of aliphatic hydroxyl groups excluding tert-OH is 1. The van der Waals surface area contributed by atoms with Crippen molar-refractivity contribution in [2.24, 2.45) is 0 Å². The van der Waals surface area contributed by atoms with Crippen molar-refractivity contribution < 1.29 is 14.6 Å². The van der Waals surface area contributed by atoms with Gasteiger partial charge in [0.15, 0.2) is 11.5 Å². The molecular formula is C19H19NO4. The first kappa shape index (κ1) is 16.1. The molecule has 5 heteroatoms. The Morgan fingerprint density at radius 2 is 1.62 bits per heavy atom. The summed E-state index contributed by atoms with van der Waals surface area (Å²) in [7, 11) is 3.13. The molecule has 2 aromatic carbocycles. The summed E-state index contributed by atoms with van der Waals surface area (Å²) in [5.74, 6) is 1.17. The third-order valence-electron chi connectivity index (χ3n) is 4.09. The van der Waals surface area contributed by atoms with Crippen LogP contribution in [0.2, 0.25) is 0 Å². The second-order valence-electron chi connectivity index (χ2n) is 5.46. The highest BCUT2D eigenvalue weighted by atomic mass is 16.5. The molecule has 5 nitrogen and oxygen atoms in total. The summed E-state index contributed by atoms with van der Waals surface area (Å²) in [5.41, 5.74) is 0.694. The smallest absolute Gasteiger partial charge is 0.251 e. The minimum absolute atomic E-state index is 0.164. The van der Waals surface area contributed by atoms with Crippen LogP contribution in [0.1, 0.15) is 11.6 Å². The molecule has 24 heavy (non-hydrogen) atoms. The van der Waals surface area contributed by atoms with Gasteiger partial charge in [-0.15, -0.1) is 0 Å². The number of hydrogen-bond acceptors (Lipinski definition) is 4. The van der Waals surface area contributed by atoms with Gasteiger partial charge >= 0.3 is 0 Å². The van der Waals surface area contributed by atoms with Crippen LogP contribution in [0.15, 0.2) is 59.5 Å². The number of nitrogens with zero attached hydrogens (tertiary/aromatic N) is 1. The number of benzene rings is 2. The Bertz CT molecular complexity index is 902. The first-order valence-electron chi connectivity index (χ1n) is 7.61. The number of fused-ring (bicyclic) bond motifs is 1. The highest BCUT2D eigenvalue weighted by Crippen LogP contribution is 2.32. The van der Waals surface area contributed by atoms with Gasteiger partial charge in [0.2, 0.25) is 0 Å². The normalized spacial score (nSPS) is 12.1. The van der Waals surface area contributed by atoms with Gasteiger partial charge in [0.1, 0.15) is 0 Å². The van der Waals surface area contributed by atoms with Gasteiger partial charge < -0.3 is 19.1 Å². The average molecular weight is 325 g/mol. The lowest BCUT2D eigenvalue weighted by atomic mass is 10.1. The van der Waals surface area contributed by atoms with Gasteiger partial charge in [-0.1, -0.05) is 30.3 Å². The SMILES string of the molecule is COc1cc2cc(=O)n([C@@H](CO)c3ccccc3)cc2cc1OC. The van der Waals surface area contributed by atoms with Crippen molar-refractivity contribution in [3.05, 3.63) is 70.6 Å². The standard InChI is InChI=1S/C19H19NO4/c1-23-17-8-14-10-19(22)20(11-15(14)9-18(17)24-2)16(12-21)13-6-4-3-5-7-13/h3-11,16,21H,12H2,1-2H3/t16-/m0/s1. The molecule has 0 aliphatic rings. The summed E-state index contributed by atoms with van der Waals surface area (Å²) in [6.45, 7) is -0.164. The zero-order valence-electron chi connectivity index (χ0n) is 13.6. The summed E-state index contributed by atoms with van der Waals surface area (Å²) in [6.07, 6.45) is 1.74. The fourth-order valence-corrected chi connectivity index (χ4v) is 2.84. The van der Waals surface area contributed by atoms with E-state index in [1.807, 2.05) is 36.4 Å². The lowest BCUT2D eigenvalue weighted by molar-refractivity contribution is 0.247. The number of aliphatic hydroxyl groups is 1. The van der Waals surface area contributed by atoms with E-state index in [1.54, 1.807) is 37.1 Å². The zero-order valence-corrected chi connectivity index (χ0v) is 13.6. The number of aromatic nitrogens is 1. The third kappa shape index (κ3) is 2.86. The minimum atomic E-state index is -0.434. The first-order valence-corrected chi connectivity index (χ1v) is 7.61. The van der Waals surface area contributed by atoms with Crippen LogP contribution in [0.4, 0.5) is 0 Å². The molecule has 3 rings (SSSR count). The van der Waals surface area contributed by atoms with Crippen molar-refractivity contribution in [3.63, 3.8) is 0 Å². The topological polar surface area (TPSA) is 60.7 Å². The Kier molecular flexibility index (Phi) is 4.53. The number of methoxy groups -OCH3 is 2. The molecule has 0 unspecified atom stereocenters. The van der Waals surface area contributed by atoms with Crippen LogP contribution in [-0.2, 0) is 0 Å². The lowest BCUT2D eigenvalue weighted by Gasteiger charge is -2.19. The fraction of sp³-hybridized carbons (Fsp3) is 0.211. The molecule has 0 spiro atoms. The van der Waals surface area contributed by atoms with Gasteiger partial charge in [0.25, 0.3) is 5.56 Å². The number of ether oxygens (including phenoxy) is 2. The third-order valence-corrected chi connectivity index (χ3v) is 4.09. The highest BCUT2D eigenvalue weighted by Gasteiger charge is 2.15. The molecule has 0 aliphatic carbocycles. The van der Waals surface area contributed by atoms with Gasteiger partial charge in [-0.25, -0.2) is 0 Å². The number of rotatable bonds is 5. The molecule has 1 N–H and O–H groups in total. The van der Waals surface area contributed by atoms with Crippen molar-refractivity contribution in [1.29, 1.82) is 0 Å². The van der Waals surface area contributed by atoms with E-state index in [0.717, 1.165) is 16.3 Å². The van der Waals surface area contributed by atoms with E-state index < -0.39 is 6.04 Å². The summed E-state index contributed by atoms with van der Waals surface area (Å²) in [4.78, 5) is 12.5. The molecule has 1 heterocycles. The van der Waals surface area contributed by atoms with Crippen LogP contribution in [0, 0.1) is 0 Å². The largest absolute Gasteiger partial charge is 0.493 e. The van der Waals surface area contributed by atoms with Crippen molar-refractivity contribution >= 4 is 10.8 Å². The Balaban J connectivity index is 2.18. The van der Waals surface area contributed by atoms with E-state index >= 15 is 0 Å². The molecule has 0 aliphatic heterocycles. The fourth-order valence-electron chi connectivity index (χ4n) is 2.84. The van der Waals surface area contributed by atoms with Crippen molar-refractivity contribution in [2.75, 3.05) is 20.8 Å². The molecule has 124 valence electrons. The molecule has 1 atom stereocenters. The average Bonchev–Trinajstić information content (AvgIpc) is 2.62. The summed E-state index contributed by atoms with van der Waals surface area (Å²) in [6, 6.07) is 14.2. The maximum Gasteiger partial charge on any atom is 0.251 e. The maximum atomic E-state index is 12.5. The predicted molar refractivity (Wildman–Crippen MR) is 93.0 cm³/mol. The van der Waals surface area contributed by atoms with Crippen LogP contribution < -0.4 is 15.0 Å². The second-order valence-corrected chi connectivity index (χ2v) is 5.46. The van der Waals surface area contributed by atoms with Crippen molar-refractivity contribution in [3.8, 4) is 11.5 Å². The van der Waals surface area contributed by atoms with Gasteiger partial charge in [-0.05, 0) is 23.1 Å². The Morgan fingerprint density at radius 3 is 2.21 bits per heavy atom. The molecule has 3 aromatic rings. The molecule has 0 saturated heterocycles. The summed E-state index contributed by atoms with van der Waals surface area (Å²) >= 11 is 0. The Labute approximate surface area is 139 Å². The zero-order chi connectivity index (χ0) is 17.1. The van der Waals surface area contributed by atoms with Crippen LogP contribution in [0.25, 0.3) is 10.8 Å². The lowest BCUT2D eigenvalue weighted by Crippen LogP contribution is -2.26. The Hall–Kier alpha value is -2.79. The monoisotopic (exact) mass is 325 g/mol. The second kappa shape index (κ2) is 6.76. The number of hydrogen-bond donors (Lipinski definition) is 1. The van der Waals surface area contributed by atoms with E-state index in [1.165, 1.54) is 0 Å². The van der Waals surface area contributed by atoms with Gasteiger partial charge in [0, 0.05) is 17.6 Å². The van der Waals surface area contributed by atoms with E-state index in [0.29, 0.717) is 11.5 Å². The van der Waals surface area contributed by atoms with Gasteiger partial charge in [-0.2, -0.15) is 0 Å². The Morgan fingerprint density at radius 1 is 1.00 bits per heavy atom. The van der Waals surface area contributed by atoms with Crippen molar-refractivity contribution in [2.45, 2.75) is 6.04 Å². The molecular weight excluding hydrogens is 306 g/mol. The quantitative estimate of drug-likeness (QED) is 0.783. The number of pyridine rings is 1. The minimum Gasteiger partial charge on any atom is -0.493 e. The van der Waals surface area contributed by atoms with Gasteiger partial charge in [0.05, 0.1) is 26.9 Å². The van der Waals surface area contributed by atoms with Crippen LogP contribution in [0.3, 0.4) is 0 Å². The molecule has 0 amide bonds. The summed E-state index contributed by atoms with van der Waals surface area (Å²) < 4.78 is 12.1. The van der Waals surface area contributed by atoms with Crippen molar-refractivity contribution in [1.82, 2.24) is 4.57 Å². The first-order chi connectivity index (χ1) is 11.7. The van der Waals surface area contributed by atoms with E-state index in [2.05, 4.69) is 0 Å². The van der Waals surface area contributed by atoms with Gasteiger partial charge in [-0.3, -0.25) is 4.79 Å². The molecule has 0 radical (unpaired) electrons. The van der Waals surface area contributed by atoms with Crippen LogP contribution >= 0.6 is 0 Å². The van der Waals surface area contributed by atoms with E-state index in [-0.39, 0.29) is 12.2 Å². The molecule has 1 aromatic heterocycles. The van der Waals surface area contributed by atoms with E-state index in [9.17, 15) is 9.90 Å². The molecule has 0 fully saturated rings. The molecule has 0 bridgehead atoms. The maximum absolute atomic E-state index is 12.5. The molecule has 0 saturated carbocycles. The highest BCUT2D eigenvalue weighted by molar-refractivity contribution is 5.85. The predicted octanol–water partition coefficient (Wildman–Crippen LogP) is 2.60. The van der Waals surface area contributed by atoms with Crippen LogP contribution in [-0.4, -0.2) is 30.5 Å². The van der Waals surface area contributed by atoms with E-state index in [4.69, 9.17) is 9.47 Å². The summed E-state index contributed by atoms with van der Waals surface area (Å²) in [5, 5.41) is 11.4.